The number of rotatable bonds is 5. The number of imidazole rings is 1. The van der Waals surface area contributed by atoms with Gasteiger partial charge in [0.1, 0.15) is 0 Å². The summed E-state index contributed by atoms with van der Waals surface area (Å²) >= 11 is 1.33. The number of aryl methyl sites for hydroxylation is 1. The van der Waals surface area contributed by atoms with Crippen LogP contribution < -0.4 is 0 Å². The summed E-state index contributed by atoms with van der Waals surface area (Å²) in [6, 6.07) is 3.65. The third-order valence-corrected chi connectivity index (χ3v) is 3.72. The molecular weight excluding hydrogens is 284 g/mol. The molecule has 0 amide bonds. The average molecular weight is 294 g/mol. The molecule has 1 aromatic heterocycles. The molecule has 104 valence electrons. The Morgan fingerprint density at radius 2 is 2.05 bits per heavy atom. The maximum Gasteiger partial charge on any atom is 0.280 e. The van der Waals surface area contributed by atoms with E-state index in [-0.39, 0.29) is 11.4 Å². The van der Waals surface area contributed by atoms with Gasteiger partial charge in [0, 0.05) is 36.8 Å². The Balaban J connectivity index is 2.25. The molecule has 0 aliphatic carbocycles. The second-order valence-corrected chi connectivity index (χ2v) is 4.88. The molecular formula is C11H10N4O4S. The van der Waals surface area contributed by atoms with Crippen molar-refractivity contribution in [3.05, 3.63) is 56.4 Å². The van der Waals surface area contributed by atoms with Crippen LogP contribution in [-0.2, 0) is 12.8 Å². The Bertz CT molecular complexity index is 670. The molecule has 0 atom stereocenters. The van der Waals surface area contributed by atoms with E-state index in [0.717, 1.165) is 11.2 Å². The summed E-state index contributed by atoms with van der Waals surface area (Å²) in [4.78, 5) is 24.5. The molecule has 2 rings (SSSR count). The lowest BCUT2D eigenvalue weighted by Gasteiger charge is -2.03. The molecule has 0 aliphatic rings. The second kappa shape index (κ2) is 5.70. The van der Waals surface area contributed by atoms with Crippen LogP contribution in [0, 0.1) is 20.2 Å². The SMILES string of the molecule is Cn1ccnc1SCc1ccc([N+](=O)[O-])cc1[N+](=O)[O-]. The Morgan fingerprint density at radius 3 is 2.60 bits per heavy atom. The number of benzene rings is 1. The van der Waals surface area contributed by atoms with Crippen molar-refractivity contribution in [3.63, 3.8) is 0 Å². The number of nitro groups is 2. The van der Waals surface area contributed by atoms with Gasteiger partial charge in [0.2, 0.25) is 0 Å². The van der Waals surface area contributed by atoms with Crippen LogP contribution in [0.25, 0.3) is 0 Å². The first-order valence-electron chi connectivity index (χ1n) is 5.51. The van der Waals surface area contributed by atoms with Gasteiger partial charge in [0.25, 0.3) is 11.4 Å². The molecule has 1 heterocycles. The van der Waals surface area contributed by atoms with Gasteiger partial charge < -0.3 is 4.57 Å². The third-order valence-electron chi connectivity index (χ3n) is 2.61. The van der Waals surface area contributed by atoms with E-state index in [0.29, 0.717) is 11.3 Å². The van der Waals surface area contributed by atoms with E-state index in [2.05, 4.69) is 4.98 Å². The largest absolute Gasteiger partial charge is 0.329 e. The molecule has 1 aromatic carbocycles. The van der Waals surface area contributed by atoms with Gasteiger partial charge in [-0.05, 0) is 6.07 Å². The topological polar surface area (TPSA) is 104 Å². The Hall–Kier alpha value is -2.42. The van der Waals surface area contributed by atoms with Crippen molar-refractivity contribution >= 4 is 23.1 Å². The van der Waals surface area contributed by atoms with Crippen molar-refractivity contribution < 1.29 is 9.85 Å². The lowest BCUT2D eigenvalue weighted by Crippen LogP contribution is -1.97. The Morgan fingerprint density at radius 1 is 1.30 bits per heavy atom. The number of hydrogen-bond donors (Lipinski definition) is 0. The van der Waals surface area contributed by atoms with Gasteiger partial charge in [-0.2, -0.15) is 0 Å². The molecule has 20 heavy (non-hydrogen) atoms. The zero-order valence-corrected chi connectivity index (χ0v) is 11.2. The second-order valence-electron chi connectivity index (χ2n) is 3.94. The predicted molar refractivity (Wildman–Crippen MR) is 72.5 cm³/mol. The zero-order valence-electron chi connectivity index (χ0n) is 10.4. The number of nitro benzene ring substituents is 2. The first kappa shape index (κ1) is 14.0. The smallest absolute Gasteiger partial charge is 0.280 e. The fourth-order valence-corrected chi connectivity index (χ4v) is 2.52. The van der Waals surface area contributed by atoms with E-state index in [4.69, 9.17) is 0 Å². The maximum absolute atomic E-state index is 11.0. The van der Waals surface area contributed by atoms with E-state index in [1.807, 2.05) is 7.05 Å². The van der Waals surface area contributed by atoms with Gasteiger partial charge in [-0.1, -0.05) is 11.8 Å². The predicted octanol–water partition coefficient (Wildman–Crippen LogP) is 2.53. The minimum Gasteiger partial charge on any atom is -0.329 e. The van der Waals surface area contributed by atoms with Crippen LogP contribution in [0.15, 0.2) is 35.7 Å². The number of aromatic nitrogens is 2. The molecule has 0 N–H and O–H groups in total. The van der Waals surface area contributed by atoms with Gasteiger partial charge in [0.15, 0.2) is 5.16 Å². The molecule has 2 aromatic rings. The highest BCUT2D eigenvalue weighted by molar-refractivity contribution is 7.98. The molecule has 0 radical (unpaired) electrons. The molecule has 0 fully saturated rings. The van der Waals surface area contributed by atoms with E-state index >= 15 is 0 Å². The highest BCUT2D eigenvalue weighted by Gasteiger charge is 2.19. The molecule has 0 unspecified atom stereocenters. The first-order valence-corrected chi connectivity index (χ1v) is 6.49. The summed E-state index contributed by atoms with van der Waals surface area (Å²) in [5, 5.41) is 22.3. The highest BCUT2D eigenvalue weighted by atomic mass is 32.2. The fourth-order valence-electron chi connectivity index (χ4n) is 1.59. The summed E-state index contributed by atoms with van der Waals surface area (Å²) in [5.74, 6) is 0.319. The Kier molecular flexibility index (Phi) is 3.99. The minimum atomic E-state index is -0.650. The van der Waals surface area contributed by atoms with Crippen molar-refractivity contribution in [2.45, 2.75) is 10.9 Å². The normalized spacial score (nSPS) is 10.4. The van der Waals surface area contributed by atoms with Crippen LogP contribution in [0.3, 0.4) is 0 Å². The summed E-state index contributed by atoms with van der Waals surface area (Å²) in [5.41, 5.74) is -0.114. The van der Waals surface area contributed by atoms with Crippen LogP contribution >= 0.6 is 11.8 Å². The van der Waals surface area contributed by atoms with Crippen molar-refractivity contribution in [3.8, 4) is 0 Å². The number of non-ortho nitro benzene ring substituents is 1. The summed E-state index contributed by atoms with van der Waals surface area (Å²) < 4.78 is 1.79. The van der Waals surface area contributed by atoms with E-state index < -0.39 is 9.85 Å². The van der Waals surface area contributed by atoms with Gasteiger partial charge in [0.05, 0.1) is 15.9 Å². The maximum atomic E-state index is 11.0. The van der Waals surface area contributed by atoms with Crippen LogP contribution in [-0.4, -0.2) is 19.4 Å². The first-order chi connectivity index (χ1) is 9.49. The van der Waals surface area contributed by atoms with Gasteiger partial charge in [-0.3, -0.25) is 20.2 Å². The number of hydrogen-bond acceptors (Lipinski definition) is 6. The molecule has 0 saturated heterocycles. The van der Waals surface area contributed by atoms with Crippen molar-refractivity contribution in [2.75, 3.05) is 0 Å². The fraction of sp³-hybridized carbons (Fsp3) is 0.182. The van der Waals surface area contributed by atoms with Gasteiger partial charge in [-0.25, -0.2) is 4.98 Å². The molecule has 8 nitrogen and oxygen atoms in total. The van der Waals surface area contributed by atoms with E-state index in [1.165, 1.54) is 23.9 Å². The van der Waals surface area contributed by atoms with Crippen molar-refractivity contribution in [1.29, 1.82) is 0 Å². The minimum absolute atomic E-state index is 0.249. The van der Waals surface area contributed by atoms with Crippen LogP contribution in [0.4, 0.5) is 11.4 Å². The summed E-state index contributed by atoms with van der Waals surface area (Å²) in [6.45, 7) is 0. The highest BCUT2D eigenvalue weighted by Crippen LogP contribution is 2.29. The Labute approximate surface area is 117 Å². The number of thioether (sulfide) groups is 1. The van der Waals surface area contributed by atoms with Crippen LogP contribution in [0.1, 0.15) is 5.56 Å². The van der Waals surface area contributed by atoms with Crippen molar-refractivity contribution in [1.82, 2.24) is 9.55 Å². The number of nitrogens with zero attached hydrogens (tertiary/aromatic N) is 4. The monoisotopic (exact) mass is 294 g/mol. The van der Waals surface area contributed by atoms with Crippen LogP contribution in [0.5, 0.6) is 0 Å². The van der Waals surface area contributed by atoms with Crippen molar-refractivity contribution in [2.24, 2.45) is 7.05 Å². The molecule has 0 spiro atoms. The molecule has 0 saturated carbocycles. The standard InChI is InChI=1S/C11H10N4O4S/c1-13-5-4-12-11(13)20-7-8-2-3-9(14(16)17)6-10(8)15(18)19/h2-6H,7H2,1H3. The van der Waals surface area contributed by atoms with Gasteiger partial charge >= 0.3 is 0 Å². The van der Waals surface area contributed by atoms with E-state index in [9.17, 15) is 20.2 Å². The molecule has 0 aliphatic heterocycles. The molecule has 9 heteroatoms. The lowest BCUT2D eigenvalue weighted by molar-refractivity contribution is -0.394. The summed E-state index contributed by atoms with van der Waals surface area (Å²) in [6.07, 6.45) is 3.40. The average Bonchev–Trinajstić information content (AvgIpc) is 2.81. The summed E-state index contributed by atoms with van der Waals surface area (Å²) in [7, 11) is 1.82. The van der Waals surface area contributed by atoms with Gasteiger partial charge in [-0.15, -0.1) is 0 Å². The quantitative estimate of drug-likeness (QED) is 0.476. The van der Waals surface area contributed by atoms with Crippen LogP contribution in [0.2, 0.25) is 0 Å². The van der Waals surface area contributed by atoms with E-state index in [1.54, 1.807) is 17.0 Å². The molecule has 0 bridgehead atoms. The zero-order chi connectivity index (χ0) is 14.7. The lowest BCUT2D eigenvalue weighted by atomic mass is 10.2. The third kappa shape index (κ3) is 2.94.